The number of aliphatic carboxylic acids is 1. The van der Waals surface area contributed by atoms with Crippen LogP contribution in [-0.2, 0) is 19.1 Å². The summed E-state index contributed by atoms with van der Waals surface area (Å²) in [4.78, 5) is 37.2. The number of nitrogens with zero attached hydrogens (tertiary/aromatic N) is 3. The number of carbonyl (C=O) groups excluding carboxylic acids is 2. The SMILES string of the molecule is CC(C)(C)OC(=O)CCCCCCCCCCCCCCC(=O)N[C@@H](CCN=[N+]=[N-])C(=O)O. The Morgan fingerprint density at radius 1 is 0.879 bits per heavy atom. The van der Waals surface area contributed by atoms with Crippen molar-refractivity contribution >= 4 is 17.8 Å². The van der Waals surface area contributed by atoms with Gasteiger partial charge in [-0.25, -0.2) is 4.79 Å². The van der Waals surface area contributed by atoms with Crippen LogP contribution in [0.1, 0.15) is 117 Å². The van der Waals surface area contributed by atoms with E-state index in [1.165, 1.54) is 38.5 Å². The molecule has 0 rings (SSSR count). The Balaban J connectivity index is 3.50. The van der Waals surface area contributed by atoms with Crippen LogP contribution in [0.4, 0.5) is 0 Å². The van der Waals surface area contributed by atoms with E-state index < -0.39 is 17.6 Å². The predicted molar refractivity (Wildman–Crippen MR) is 129 cm³/mol. The molecule has 190 valence electrons. The number of carboxylic acids is 1. The highest BCUT2D eigenvalue weighted by atomic mass is 16.6. The van der Waals surface area contributed by atoms with Crippen LogP contribution >= 0.6 is 0 Å². The second-order valence-electron chi connectivity index (χ2n) is 9.53. The van der Waals surface area contributed by atoms with E-state index in [1.54, 1.807) is 0 Å². The van der Waals surface area contributed by atoms with Gasteiger partial charge in [0.25, 0.3) is 0 Å². The van der Waals surface area contributed by atoms with Crippen molar-refractivity contribution in [1.29, 1.82) is 0 Å². The van der Waals surface area contributed by atoms with Crippen molar-refractivity contribution in [2.45, 2.75) is 129 Å². The number of ether oxygens (including phenoxy) is 1. The summed E-state index contributed by atoms with van der Waals surface area (Å²) in [6.07, 6.45) is 14.1. The van der Waals surface area contributed by atoms with Crippen LogP contribution in [0.15, 0.2) is 5.11 Å². The van der Waals surface area contributed by atoms with Gasteiger partial charge in [-0.15, -0.1) is 0 Å². The van der Waals surface area contributed by atoms with Gasteiger partial charge >= 0.3 is 11.9 Å². The maximum absolute atomic E-state index is 11.9. The van der Waals surface area contributed by atoms with Crippen molar-refractivity contribution in [2.75, 3.05) is 6.54 Å². The second kappa shape index (κ2) is 19.2. The van der Waals surface area contributed by atoms with Crippen molar-refractivity contribution in [2.24, 2.45) is 5.11 Å². The summed E-state index contributed by atoms with van der Waals surface area (Å²) in [5, 5.41) is 14.9. The minimum Gasteiger partial charge on any atom is -0.480 e. The first-order valence-corrected chi connectivity index (χ1v) is 12.4. The second-order valence-corrected chi connectivity index (χ2v) is 9.53. The van der Waals surface area contributed by atoms with E-state index in [0.29, 0.717) is 12.8 Å². The first-order valence-electron chi connectivity index (χ1n) is 12.4. The van der Waals surface area contributed by atoms with Gasteiger partial charge in [-0.2, -0.15) is 0 Å². The zero-order chi connectivity index (χ0) is 25.0. The van der Waals surface area contributed by atoms with Crippen molar-refractivity contribution in [1.82, 2.24) is 5.32 Å². The lowest BCUT2D eigenvalue weighted by Gasteiger charge is -2.19. The van der Waals surface area contributed by atoms with Crippen molar-refractivity contribution in [3.63, 3.8) is 0 Å². The molecular weight excluding hydrogens is 424 g/mol. The fourth-order valence-electron chi connectivity index (χ4n) is 3.47. The molecule has 0 unspecified atom stereocenters. The molecular formula is C24H44N4O5. The summed E-state index contributed by atoms with van der Waals surface area (Å²) >= 11 is 0. The highest BCUT2D eigenvalue weighted by molar-refractivity contribution is 5.83. The molecule has 0 aromatic heterocycles. The van der Waals surface area contributed by atoms with E-state index in [1.807, 2.05) is 20.8 Å². The van der Waals surface area contributed by atoms with Gasteiger partial charge in [-0.3, -0.25) is 9.59 Å². The predicted octanol–water partition coefficient (Wildman–Crippen LogP) is 6.06. The van der Waals surface area contributed by atoms with Crippen molar-refractivity contribution < 1.29 is 24.2 Å². The summed E-state index contributed by atoms with van der Waals surface area (Å²) in [5.41, 5.74) is 7.84. The minimum atomic E-state index is -1.11. The Morgan fingerprint density at radius 2 is 1.33 bits per heavy atom. The normalized spacial score (nSPS) is 12.0. The zero-order valence-corrected chi connectivity index (χ0v) is 20.8. The van der Waals surface area contributed by atoms with Gasteiger partial charge in [0.15, 0.2) is 0 Å². The number of amides is 1. The Bertz CT molecular complexity index is 612. The topological polar surface area (TPSA) is 141 Å². The number of unbranched alkanes of at least 4 members (excludes halogenated alkanes) is 11. The standard InChI is InChI=1S/C24H44N4O5/c1-24(2,3)33-22(30)17-15-13-11-9-7-5-4-6-8-10-12-14-16-21(29)27-20(23(31)32)18-19-26-28-25/h20H,4-19H2,1-3H3,(H,27,29)(H,31,32)/t20-/m0/s1. The van der Waals surface area contributed by atoms with Crippen molar-refractivity contribution in [3.05, 3.63) is 10.4 Å². The van der Waals surface area contributed by atoms with Crippen LogP contribution in [0, 0.1) is 0 Å². The van der Waals surface area contributed by atoms with Crippen molar-refractivity contribution in [3.8, 4) is 0 Å². The third-order valence-electron chi connectivity index (χ3n) is 5.17. The number of hydrogen-bond acceptors (Lipinski definition) is 5. The van der Waals surface area contributed by atoms with Gasteiger partial charge in [0.1, 0.15) is 11.6 Å². The molecule has 0 heterocycles. The van der Waals surface area contributed by atoms with Gasteiger partial charge in [0.2, 0.25) is 5.91 Å². The molecule has 9 heteroatoms. The highest BCUT2D eigenvalue weighted by Gasteiger charge is 2.18. The van der Waals surface area contributed by atoms with Crippen LogP contribution in [-0.4, -0.2) is 41.1 Å². The molecule has 0 saturated heterocycles. The first kappa shape index (κ1) is 30.7. The van der Waals surface area contributed by atoms with Gasteiger partial charge in [0.05, 0.1) is 0 Å². The molecule has 0 spiro atoms. The van der Waals surface area contributed by atoms with Crippen LogP contribution in [0.25, 0.3) is 10.4 Å². The maximum atomic E-state index is 11.9. The zero-order valence-electron chi connectivity index (χ0n) is 20.8. The molecule has 0 saturated carbocycles. The minimum absolute atomic E-state index is 0.0435. The number of esters is 1. The van der Waals surface area contributed by atoms with E-state index >= 15 is 0 Å². The quantitative estimate of drug-likeness (QED) is 0.0734. The molecule has 1 amide bonds. The Hall–Kier alpha value is -2.28. The third kappa shape index (κ3) is 21.3. The Morgan fingerprint density at radius 3 is 1.76 bits per heavy atom. The molecule has 0 radical (unpaired) electrons. The summed E-state index contributed by atoms with van der Waals surface area (Å²) in [7, 11) is 0. The molecule has 0 aromatic carbocycles. The van der Waals surface area contributed by atoms with E-state index in [0.717, 1.165) is 38.5 Å². The summed E-state index contributed by atoms with van der Waals surface area (Å²) in [6, 6.07) is -1.01. The van der Waals surface area contributed by atoms with Gasteiger partial charge in [0, 0.05) is 24.3 Å². The molecule has 0 fully saturated rings. The fraction of sp³-hybridized carbons (Fsp3) is 0.875. The molecule has 0 aliphatic rings. The first-order chi connectivity index (χ1) is 15.7. The van der Waals surface area contributed by atoms with E-state index in [4.69, 9.17) is 15.4 Å². The highest BCUT2D eigenvalue weighted by Crippen LogP contribution is 2.14. The number of carbonyl (C=O) groups is 3. The average Bonchev–Trinajstić information content (AvgIpc) is 2.72. The average molecular weight is 469 g/mol. The number of hydrogen-bond donors (Lipinski definition) is 2. The van der Waals surface area contributed by atoms with Crippen LogP contribution < -0.4 is 5.32 Å². The smallest absolute Gasteiger partial charge is 0.326 e. The van der Waals surface area contributed by atoms with Crippen LogP contribution in [0.3, 0.4) is 0 Å². The maximum Gasteiger partial charge on any atom is 0.326 e. The lowest BCUT2D eigenvalue weighted by molar-refractivity contribution is -0.155. The van der Waals surface area contributed by atoms with Gasteiger partial charge in [-0.1, -0.05) is 69.3 Å². The monoisotopic (exact) mass is 468 g/mol. The molecule has 0 aromatic rings. The van der Waals surface area contributed by atoms with E-state index in [9.17, 15) is 14.4 Å². The van der Waals surface area contributed by atoms with Crippen LogP contribution in [0.2, 0.25) is 0 Å². The van der Waals surface area contributed by atoms with E-state index in [-0.39, 0.29) is 24.8 Å². The molecule has 9 nitrogen and oxygen atoms in total. The molecule has 0 aliphatic carbocycles. The molecule has 0 bridgehead atoms. The summed E-state index contributed by atoms with van der Waals surface area (Å²) < 4.78 is 5.30. The Labute approximate surface area is 198 Å². The lowest BCUT2D eigenvalue weighted by atomic mass is 10.0. The van der Waals surface area contributed by atoms with Crippen LogP contribution in [0.5, 0.6) is 0 Å². The lowest BCUT2D eigenvalue weighted by Crippen LogP contribution is -2.41. The fourth-order valence-corrected chi connectivity index (χ4v) is 3.47. The number of azide groups is 1. The number of nitrogens with one attached hydrogen (secondary N) is 1. The number of carboxylic acid groups (broad SMARTS) is 1. The molecule has 1 atom stereocenters. The number of rotatable bonds is 20. The molecule has 0 aliphatic heterocycles. The van der Waals surface area contributed by atoms with E-state index in [2.05, 4.69) is 15.3 Å². The van der Waals surface area contributed by atoms with Gasteiger partial charge < -0.3 is 15.2 Å². The Kier molecular flexibility index (Phi) is 17.9. The van der Waals surface area contributed by atoms with Gasteiger partial charge in [-0.05, 0) is 45.6 Å². The largest absolute Gasteiger partial charge is 0.480 e. The third-order valence-corrected chi connectivity index (χ3v) is 5.17. The molecule has 33 heavy (non-hydrogen) atoms. The summed E-state index contributed by atoms with van der Waals surface area (Å²) in [6.45, 7) is 5.71. The summed E-state index contributed by atoms with van der Waals surface area (Å²) in [5.74, 6) is -1.48. The molecule has 2 N–H and O–H groups in total.